The normalized spacial score (nSPS) is 10.8. The molecule has 0 spiro atoms. The highest BCUT2D eigenvalue weighted by atomic mass is 16.5. The lowest BCUT2D eigenvalue weighted by atomic mass is 9.99. The minimum Gasteiger partial charge on any atom is -0.489 e. The van der Waals surface area contributed by atoms with Crippen LogP contribution in [-0.2, 0) is 26.4 Å². The number of nitrogens with zero attached hydrogens (tertiary/aromatic N) is 2. The van der Waals surface area contributed by atoms with Crippen molar-refractivity contribution in [3.63, 3.8) is 0 Å². The first-order valence-corrected chi connectivity index (χ1v) is 45.5. The Kier molecular flexibility index (Phi) is 28.6. The van der Waals surface area contributed by atoms with E-state index in [2.05, 4.69) is 354 Å². The first-order chi connectivity index (χ1) is 66.8. The average Bonchev–Trinajstić information content (AvgIpc) is 1.58. The van der Waals surface area contributed by atoms with Crippen molar-refractivity contribution >= 4 is 110 Å². The lowest BCUT2D eigenvalue weighted by Crippen LogP contribution is -2.09. The summed E-state index contributed by atoms with van der Waals surface area (Å²) >= 11 is 0. The van der Waals surface area contributed by atoms with Crippen molar-refractivity contribution in [3.05, 3.63) is 544 Å². The van der Waals surface area contributed by atoms with Gasteiger partial charge in [0.25, 0.3) is 0 Å². The van der Waals surface area contributed by atoms with Crippen LogP contribution in [0.5, 0.6) is 23.0 Å². The highest BCUT2D eigenvalue weighted by molar-refractivity contribution is 6.12. The van der Waals surface area contributed by atoms with Crippen molar-refractivity contribution in [2.24, 2.45) is 0 Å². The monoisotopic (exact) mass is 1760 g/mol. The van der Waals surface area contributed by atoms with Gasteiger partial charge in [0.1, 0.15) is 49.4 Å². The highest BCUT2D eigenvalue weighted by Crippen LogP contribution is 2.44. The largest absolute Gasteiger partial charge is 0.489 e. The number of hydrogen-bond acceptors (Lipinski definition) is 5. The van der Waals surface area contributed by atoms with E-state index >= 15 is 0 Å². The van der Waals surface area contributed by atoms with Crippen LogP contribution >= 0.6 is 0 Å². The predicted molar refractivity (Wildman–Crippen MR) is 582 cm³/mol. The molecule has 0 amide bonds. The van der Waals surface area contributed by atoms with Gasteiger partial charge in [0.2, 0.25) is 0 Å². The molecule has 6 heteroatoms. The van der Waals surface area contributed by atoms with Gasteiger partial charge in [-0.3, -0.25) is 0 Å². The molecule has 18 aromatic carbocycles. The molecule has 0 aliphatic rings. The molecule has 0 fully saturated rings. The fourth-order valence-electron chi connectivity index (χ4n) is 16.6. The Bertz CT molecular complexity index is 7010. The van der Waals surface area contributed by atoms with Gasteiger partial charge in [-0.1, -0.05) is 430 Å². The Labute approximate surface area is 799 Å². The van der Waals surface area contributed by atoms with E-state index in [-0.39, 0.29) is 0 Å². The number of fused-ring (bicyclic) bond motifs is 4. The van der Waals surface area contributed by atoms with E-state index in [1.165, 1.54) is 88.6 Å². The third-order valence-corrected chi connectivity index (χ3v) is 24.5. The summed E-state index contributed by atoms with van der Waals surface area (Å²) in [6.07, 6.45) is 18.6. The van der Waals surface area contributed by atoms with E-state index in [4.69, 9.17) is 18.9 Å². The van der Waals surface area contributed by atoms with E-state index in [1.54, 1.807) is 0 Å². The van der Waals surface area contributed by atoms with Gasteiger partial charge in [-0.25, -0.2) is 0 Å². The molecule has 0 radical (unpaired) electrons. The Morgan fingerprint density at radius 1 is 0.184 bits per heavy atom. The van der Waals surface area contributed by atoms with E-state index in [0.29, 0.717) is 49.4 Å². The van der Waals surface area contributed by atoms with E-state index in [1.807, 2.05) is 182 Å². The summed E-state index contributed by atoms with van der Waals surface area (Å²) in [4.78, 5) is 2.31. The van der Waals surface area contributed by atoms with Gasteiger partial charge >= 0.3 is 0 Å². The summed E-state index contributed by atoms with van der Waals surface area (Å²) in [5, 5.41) is 4.17. The molecule has 0 N–H and O–H groups in total. The van der Waals surface area contributed by atoms with Gasteiger partial charge in [0.05, 0.1) is 11.0 Å². The minimum atomic E-state index is 0.367. The summed E-state index contributed by atoms with van der Waals surface area (Å²) < 4.78 is 28.2. The second-order valence-corrected chi connectivity index (χ2v) is 33.2. The van der Waals surface area contributed by atoms with Crippen LogP contribution in [-0.4, -0.2) is 4.57 Å². The molecule has 19 rings (SSSR count). The molecule has 0 saturated carbocycles. The fourth-order valence-corrected chi connectivity index (χ4v) is 16.6. The van der Waals surface area contributed by atoms with Crippen LogP contribution in [0.15, 0.2) is 466 Å². The summed E-state index contributed by atoms with van der Waals surface area (Å²) in [7, 11) is 0. The first kappa shape index (κ1) is 90.4. The molecule has 0 saturated heterocycles. The van der Waals surface area contributed by atoms with Crippen molar-refractivity contribution in [2.45, 2.75) is 26.4 Å². The van der Waals surface area contributed by atoms with Crippen LogP contribution in [0.4, 0.5) is 17.1 Å². The van der Waals surface area contributed by atoms with Crippen molar-refractivity contribution in [2.75, 3.05) is 4.90 Å². The average molecular weight is 1760 g/mol. The fraction of sp³-hybridized carbons (Fsp3) is 0.0308. The summed E-state index contributed by atoms with van der Waals surface area (Å²) in [6, 6.07) is 140. The maximum absolute atomic E-state index is 6.54. The molecular weight excluding hydrogens is 1650 g/mol. The quantitative estimate of drug-likeness (QED) is 0.0420. The summed E-state index contributed by atoms with van der Waals surface area (Å²) in [5.74, 6) is 2.65. The van der Waals surface area contributed by atoms with Gasteiger partial charge in [0, 0.05) is 56.4 Å². The molecule has 136 heavy (non-hydrogen) atoms. The zero-order chi connectivity index (χ0) is 93.6. The second-order valence-electron chi connectivity index (χ2n) is 33.2. The molecular formula is C130H104N2O4. The van der Waals surface area contributed by atoms with Gasteiger partial charge in [-0.15, -0.1) is 0 Å². The minimum absolute atomic E-state index is 0.367. The van der Waals surface area contributed by atoms with Crippen molar-refractivity contribution in [1.29, 1.82) is 0 Å². The van der Waals surface area contributed by atoms with Crippen LogP contribution in [0.25, 0.3) is 166 Å². The smallest absolute Gasteiger partial charge is 0.131 e. The van der Waals surface area contributed by atoms with Crippen LogP contribution in [0.1, 0.15) is 77.9 Å². The highest BCUT2D eigenvalue weighted by Gasteiger charge is 2.21. The van der Waals surface area contributed by atoms with Crippen LogP contribution in [0, 0.1) is 0 Å². The van der Waals surface area contributed by atoms with Crippen molar-refractivity contribution < 1.29 is 18.9 Å². The Morgan fingerprint density at radius 3 is 0.603 bits per heavy atom. The van der Waals surface area contributed by atoms with Gasteiger partial charge in [-0.05, 0) is 230 Å². The van der Waals surface area contributed by atoms with Gasteiger partial charge in [-0.2, -0.15) is 0 Å². The SMILES string of the molecule is C=Cc1ccc(-c2ccc(-n3c4ccc(-c5ccc(C=C)cc5)cc4c4cc(-c5ccc(C=C)cc5)ccc43)cc2)cc1.C=Cc1ccc(-c2ccc(N(c3ccc(-c4ccc(C=C)cc4)cc3)c3ccc(-c4ccc(C=C)cc4)cc3)cc2)cc1.C=Cc1ccc(COc2cc(OCc3ccc(C=C)cc3)c3cc(OCc4ccc(C=C)cc4)cc(OCc4ccc(C=C)cc4)c3c2)cc1. The zero-order valence-electron chi connectivity index (χ0n) is 76.3. The third-order valence-electron chi connectivity index (χ3n) is 24.5. The number of rotatable bonds is 32. The van der Waals surface area contributed by atoms with Crippen LogP contribution in [0.3, 0.4) is 0 Å². The standard InChI is InChI=1S/C46H40O4.C42H31N.C42H33N/c1-5-33-9-17-37(18-10-33)29-47-41-25-43-44(45(27-41)49-31-39-21-13-35(7-3)14-22-39)26-42(48-30-38-19-11-34(6-2)12-20-38)28-46(43)50-32-40-23-15-36(8-4)16-24-40;1-4-29-7-13-32(14-8-29)33-19-23-38(24-20-33)43-41-25-21-36(34-15-9-30(5-2)10-16-34)27-39(41)40-28-37(22-26-42(40)43)35-17-11-31(6-3)12-18-35;1-4-31-7-13-34(14-8-31)37-19-25-40(26-20-37)43(41-27-21-38(22-28-41)35-15-9-32(5-2)10-16-35)42-29-23-39(24-30-42)36-17-11-33(6-3)12-18-36/h5-28H,1-4,29-32H2;4-28H,1-3H2;4-30H,1-3H2. The third kappa shape index (κ3) is 21.5. The second kappa shape index (κ2) is 43.0. The van der Waals surface area contributed by atoms with E-state index in [0.717, 1.165) is 111 Å². The predicted octanol–water partition coefficient (Wildman–Crippen LogP) is 35.5. The molecule has 1 aromatic heterocycles. The Hall–Kier alpha value is -17.6. The zero-order valence-corrected chi connectivity index (χ0v) is 76.3. The molecule has 1 heterocycles. The molecule has 19 aromatic rings. The molecule has 658 valence electrons. The topological polar surface area (TPSA) is 45.1 Å². The molecule has 0 atom stereocenters. The van der Waals surface area contributed by atoms with Crippen molar-refractivity contribution in [1.82, 2.24) is 4.57 Å². The molecule has 0 bridgehead atoms. The maximum Gasteiger partial charge on any atom is 0.131 e. The molecule has 6 nitrogen and oxygen atoms in total. The number of anilines is 3. The molecule has 0 aliphatic carbocycles. The Morgan fingerprint density at radius 2 is 0.375 bits per heavy atom. The lowest BCUT2D eigenvalue weighted by Gasteiger charge is -2.26. The van der Waals surface area contributed by atoms with Crippen LogP contribution in [0.2, 0.25) is 0 Å². The summed E-state index contributed by atoms with van der Waals surface area (Å²) in [6.45, 7) is 40.2. The number of ether oxygens (including phenoxy) is 4. The maximum atomic E-state index is 6.54. The van der Waals surface area contributed by atoms with Crippen LogP contribution < -0.4 is 23.8 Å². The molecule has 0 aliphatic heterocycles. The number of aromatic nitrogens is 1. The van der Waals surface area contributed by atoms with E-state index < -0.39 is 0 Å². The lowest BCUT2D eigenvalue weighted by molar-refractivity contribution is 0.287. The first-order valence-electron chi connectivity index (χ1n) is 45.5. The molecule has 0 unspecified atom stereocenters. The summed E-state index contributed by atoms with van der Waals surface area (Å²) in [5.41, 5.74) is 36.1. The van der Waals surface area contributed by atoms with Crippen molar-refractivity contribution in [3.8, 4) is 95.4 Å². The number of benzene rings is 18. The van der Waals surface area contributed by atoms with Gasteiger partial charge < -0.3 is 28.4 Å². The van der Waals surface area contributed by atoms with Gasteiger partial charge in [0.15, 0.2) is 0 Å². The number of hydrogen-bond donors (Lipinski definition) is 0. The Balaban J connectivity index is 0.000000142. The van der Waals surface area contributed by atoms with E-state index in [9.17, 15) is 0 Å².